The molecule has 5 nitrogen and oxygen atoms in total. The van der Waals surface area contributed by atoms with Gasteiger partial charge >= 0.3 is 6.03 Å². The van der Waals surface area contributed by atoms with Gasteiger partial charge in [0.2, 0.25) is 0 Å². The summed E-state index contributed by atoms with van der Waals surface area (Å²) in [6.07, 6.45) is -0.105. The first-order chi connectivity index (χ1) is 11.1. The molecule has 0 bridgehead atoms. The van der Waals surface area contributed by atoms with Crippen LogP contribution in [0.25, 0.3) is 0 Å². The van der Waals surface area contributed by atoms with E-state index in [2.05, 4.69) is 5.32 Å². The molecule has 1 unspecified atom stereocenters. The maximum atomic E-state index is 12.7. The fourth-order valence-corrected chi connectivity index (χ4v) is 2.70. The van der Waals surface area contributed by atoms with Crippen LogP contribution in [0.2, 0.25) is 5.02 Å². The van der Waals surface area contributed by atoms with Crippen LogP contribution in [-0.2, 0) is 0 Å². The summed E-state index contributed by atoms with van der Waals surface area (Å²) in [5.74, 6) is 1.25. The zero-order valence-corrected chi connectivity index (χ0v) is 13.6. The second-order valence-corrected chi connectivity index (χ2v) is 5.72. The number of ether oxygens (including phenoxy) is 2. The van der Waals surface area contributed by atoms with Crippen molar-refractivity contribution in [2.45, 2.75) is 13.0 Å². The molecule has 6 heteroatoms. The van der Waals surface area contributed by atoms with Gasteiger partial charge in [0.25, 0.3) is 0 Å². The molecular formula is C17H17ClN2O3. The SMILES string of the molecule is COc1ccccc1NC(=O)N1CC(C)Oc2ccc(Cl)cc21. The molecule has 2 aromatic rings. The molecule has 1 aliphatic rings. The van der Waals surface area contributed by atoms with E-state index in [1.807, 2.05) is 19.1 Å². The Balaban J connectivity index is 1.89. The highest BCUT2D eigenvalue weighted by Crippen LogP contribution is 2.36. The average Bonchev–Trinajstić information content (AvgIpc) is 2.55. The van der Waals surface area contributed by atoms with E-state index in [-0.39, 0.29) is 12.1 Å². The van der Waals surface area contributed by atoms with Crippen molar-refractivity contribution in [3.05, 3.63) is 47.5 Å². The molecule has 1 atom stereocenters. The molecular weight excluding hydrogens is 316 g/mol. The zero-order chi connectivity index (χ0) is 16.4. The van der Waals surface area contributed by atoms with E-state index in [4.69, 9.17) is 21.1 Å². The lowest BCUT2D eigenvalue weighted by molar-refractivity contribution is 0.208. The summed E-state index contributed by atoms with van der Waals surface area (Å²) < 4.78 is 11.0. The van der Waals surface area contributed by atoms with E-state index in [1.165, 1.54) is 0 Å². The number of benzene rings is 2. The topological polar surface area (TPSA) is 50.8 Å². The summed E-state index contributed by atoms with van der Waals surface area (Å²) in [6, 6.07) is 12.3. The Bertz CT molecular complexity index is 736. The van der Waals surface area contributed by atoms with Crippen molar-refractivity contribution >= 4 is 29.0 Å². The Morgan fingerprint density at radius 3 is 2.91 bits per heavy atom. The van der Waals surface area contributed by atoms with Gasteiger partial charge in [0.05, 0.1) is 25.0 Å². The molecule has 0 saturated carbocycles. The number of anilines is 2. The van der Waals surface area contributed by atoms with Gasteiger partial charge in [-0.2, -0.15) is 0 Å². The Hall–Kier alpha value is -2.40. The van der Waals surface area contributed by atoms with Gasteiger partial charge in [0, 0.05) is 5.02 Å². The minimum atomic E-state index is -0.256. The van der Waals surface area contributed by atoms with E-state index in [0.29, 0.717) is 34.4 Å². The number of amides is 2. The molecule has 1 aliphatic heterocycles. The lowest BCUT2D eigenvalue weighted by atomic mass is 10.2. The number of carbonyl (C=O) groups excluding carboxylic acids is 1. The van der Waals surface area contributed by atoms with Crippen LogP contribution >= 0.6 is 11.6 Å². The fraction of sp³-hybridized carbons (Fsp3) is 0.235. The predicted molar refractivity (Wildman–Crippen MR) is 90.9 cm³/mol. The van der Waals surface area contributed by atoms with E-state index in [0.717, 1.165) is 0 Å². The van der Waals surface area contributed by atoms with Crippen LogP contribution in [0, 0.1) is 0 Å². The van der Waals surface area contributed by atoms with Crippen LogP contribution in [0.1, 0.15) is 6.92 Å². The smallest absolute Gasteiger partial charge is 0.326 e. The largest absolute Gasteiger partial charge is 0.495 e. The molecule has 2 amide bonds. The van der Waals surface area contributed by atoms with Crippen molar-refractivity contribution in [3.63, 3.8) is 0 Å². The summed E-state index contributed by atoms with van der Waals surface area (Å²) >= 11 is 6.06. The van der Waals surface area contributed by atoms with Crippen molar-refractivity contribution in [3.8, 4) is 11.5 Å². The number of carbonyl (C=O) groups is 1. The third-order valence-electron chi connectivity index (χ3n) is 3.57. The summed E-state index contributed by atoms with van der Waals surface area (Å²) in [4.78, 5) is 14.3. The summed E-state index contributed by atoms with van der Waals surface area (Å²) in [7, 11) is 1.57. The number of fused-ring (bicyclic) bond motifs is 1. The normalized spacial score (nSPS) is 16.3. The van der Waals surface area contributed by atoms with E-state index < -0.39 is 0 Å². The molecule has 3 rings (SSSR count). The number of methoxy groups -OCH3 is 1. The van der Waals surface area contributed by atoms with E-state index in [1.54, 1.807) is 42.3 Å². The van der Waals surface area contributed by atoms with Crippen LogP contribution in [0.3, 0.4) is 0 Å². The van der Waals surface area contributed by atoms with Crippen molar-refractivity contribution in [1.29, 1.82) is 0 Å². The van der Waals surface area contributed by atoms with Gasteiger partial charge in [-0.1, -0.05) is 23.7 Å². The third-order valence-corrected chi connectivity index (χ3v) is 3.81. The molecule has 0 fully saturated rings. The minimum absolute atomic E-state index is 0.105. The number of nitrogens with zero attached hydrogens (tertiary/aromatic N) is 1. The van der Waals surface area contributed by atoms with Crippen molar-refractivity contribution in [2.75, 3.05) is 23.9 Å². The Morgan fingerprint density at radius 2 is 2.13 bits per heavy atom. The van der Waals surface area contributed by atoms with Gasteiger partial charge in [0.15, 0.2) is 0 Å². The zero-order valence-electron chi connectivity index (χ0n) is 12.9. The molecule has 2 aromatic carbocycles. The fourth-order valence-electron chi connectivity index (χ4n) is 2.53. The average molecular weight is 333 g/mol. The standard InChI is InChI=1S/C17H17ClN2O3/c1-11-10-20(14-9-12(18)7-8-16(14)23-11)17(21)19-13-5-3-4-6-15(13)22-2/h3-9,11H,10H2,1-2H3,(H,19,21). The molecule has 1 heterocycles. The first-order valence-corrected chi connectivity index (χ1v) is 7.64. The number of rotatable bonds is 2. The first kappa shape index (κ1) is 15.5. The number of urea groups is 1. The van der Waals surface area contributed by atoms with E-state index in [9.17, 15) is 4.79 Å². The lowest BCUT2D eigenvalue weighted by Crippen LogP contribution is -2.44. The maximum Gasteiger partial charge on any atom is 0.326 e. The number of hydrogen-bond acceptors (Lipinski definition) is 3. The number of halogens is 1. The highest BCUT2D eigenvalue weighted by atomic mass is 35.5. The van der Waals surface area contributed by atoms with Crippen molar-refractivity contribution < 1.29 is 14.3 Å². The molecule has 0 radical (unpaired) electrons. The van der Waals surface area contributed by atoms with Crippen molar-refractivity contribution in [1.82, 2.24) is 0 Å². The van der Waals surface area contributed by atoms with Crippen LogP contribution in [-0.4, -0.2) is 25.8 Å². The number of nitrogens with one attached hydrogen (secondary N) is 1. The van der Waals surface area contributed by atoms with Crippen LogP contribution in [0.15, 0.2) is 42.5 Å². The summed E-state index contributed by atoms with van der Waals surface area (Å²) in [6.45, 7) is 2.36. The van der Waals surface area contributed by atoms with Gasteiger partial charge in [-0.15, -0.1) is 0 Å². The van der Waals surface area contributed by atoms with Gasteiger partial charge < -0.3 is 14.8 Å². The van der Waals surface area contributed by atoms with Crippen LogP contribution in [0.4, 0.5) is 16.2 Å². The lowest BCUT2D eigenvalue weighted by Gasteiger charge is -2.33. The predicted octanol–water partition coefficient (Wildman–Crippen LogP) is 4.17. The molecule has 120 valence electrons. The number of hydrogen-bond donors (Lipinski definition) is 1. The summed E-state index contributed by atoms with van der Waals surface area (Å²) in [5.41, 5.74) is 1.27. The molecule has 0 saturated heterocycles. The van der Waals surface area contributed by atoms with Gasteiger partial charge in [0.1, 0.15) is 17.6 Å². The first-order valence-electron chi connectivity index (χ1n) is 7.26. The molecule has 0 spiro atoms. The Morgan fingerprint density at radius 1 is 1.35 bits per heavy atom. The quantitative estimate of drug-likeness (QED) is 0.898. The van der Waals surface area contributed by atoms with E-state index >= 15 is 0 Å². The molecule has 0 aliphatic carbocycles. The van der Waals surface area contributed by atoms with Gasteiger partial charge in [-0.05, 0) is 37.3 Å². The monoisotopic (exact) mass is 332 g/mol. The Kier molecular flexibility index (Phi) is 4.30. The third kappa shape index (κ3) is 3.19. The minimum Gasteiger partial charge on any atom is -0.495 e. The van der Waals surface area contributed by atoms with Gasteiger partial charge in [-0.25, -0.2) is 4.79 Å². The second kappa shape index (κ2) is 6.38. The van der Waals surface area contributed by atoms with Crippen molar-refractivity contribution in [2.24, 2.45) is 0 Å². The summed E-state index contributed by atoms with van der Waals surface area (Å²) in [5, 5.41) is 3.43. The molecule has 1 N–H and O–H groups in total. The maximum absolute atomic E-state index is 12.7. The highest BCUT2D eigenvalue weighted by Gasteiger charge is 2.28. The second-order valence-electron chi connectivity index (χ2n) is 5.28. The molecule has 23 heavy (non-hydrogen) atoms. The van der Waals surface area contributed by atoms with Gasteiger partial charge in [-0.3, -0.25) is 4.90 Å². The highest BCUT2D eigenvalue weighted by molar-refractivity contribution is 6.31. The molecule has 0 aromatic heterocycles. The number of para-hydroxylation sites is 2. The van der Waals surface area contributed by atoms with Crippen LogP contribution in [0.5, 0.6) is 11.5 Å². The van der Waals surface area contributed by atoms with Crippen LogP contribution < -0.4 is 19.7 Å². The Labute approximate surface area is 139 Å².